The van der Waals surface area contributed by atoms with Gasteiger partial charge < -0.3 is 4.90 Å². The van der Waals surface area contributed by atoms with Crippen molar-refractivity contribution in [1.29, 1.82) is 0 Å². The van der Waals surface area contributed by atoms with Crippen LogP contribution in [0.5, 0.6) is 0 Å². The van der Waals surface area contributed by atoms with Gasteiger partial charge in [0.1, 0.15) is 0 Å². The molecule has 1 heterocycles. The number of hydrogen-bond acceptors (Lipinski definition) is 2. The normalized spacial score (nSPS) is 14.1. The Morgan fingerprint density at radius 2 is 0.812 bits per heavy atom. The standard InChI is InChI=1S/C61H47NSSi/c1-64(2,3)50-31-34-57-54(41-50)53-39-48(29-33-56(53)60(57,43-18-8-4-9-19-43)44-20-10-5-11-21-44)62(47-30-35-59-42(38-47)36-37-63-59)49-28-32-52-51-26-16-17-27-55(51)61(58(52)40-49,45-22-12-6-13-23-45)46-24-14-7-15-25-46/h4-41H,1-3H3. The molecular weight excluding hydrogens is 807 g/mol. The maximum absolute atomic E-state index is 2.54. The molecule has 3 heteroatoms. The van der Waals surface area contributed by atoms with E-state index in [1.807, 2.05) is 0 Å². The first-order valence-electron chi connectivity index (χ1n) is 22.4. The molecule has 10 aromatic rings. The Morgan fingerprint density at radius 3 is 1.42 bits per heavy atom. The molecule has 1 aromatic heterocycles. The summed E-state index contributed by atoms with van der Waals surface area (Å²) in [6, 6.07) is 84.8. The van der Waals surface area contributed by atoms with Crippen molar-refractivity contribution in [2.45, 2.75) is 30.5 Å². The lowest BCUT2D eigenvalue weighted by molar-refractivity contribution is 0.768. The molecule has 0 saturated heterocycles. The van der Waals surface area contributed by atoms with Gasteiger partial charge in [0.2, 0.25) is 0 Å². The molecule has 2 aliphatic rings. The van der Waals surface area contributed by atoms with E-state index in [0.29, 0.717) is 0 Å². The van der Waals surface area contributed by atoms with Crippen molar-refractivity contribution < 1.29 is 0 Å². The summed E-state index contributed by atoms with van der Waals surface area (Å²) in [6.45, 7) is 7.38. The Morgan fingerprint density at radius 1 is 0.359 bits per heavy atom. The Hall–Kier alpha value is -7.04. The zero-order valence-corrected chi connectivity index (χ0v) is 38.1. The molecule has 0 spiro atoms. The summed E-state index contributed by atoms with van der Waals surface area (Å²) >= 11 is 1.80. The predicted octanol–water partition coefficient (Wildman–Crippen LogP) is 15.6. The lowest BCUT2D eigenvalue weighted by atomic mass is 9.67. The van der Waals surface area contributed by atoms with Crippen LogP contribution in [-0.2, 0) is 10.8 Å². The molecule has 9 aromatic carbocycles. The second kappa shape index (κ2) is 14.8. The summed E-state index contributed by atoms with van der Waals surface area (Å²) in [5.41, 5.74) is 18.0. The zero-order valence-electron chi connectivity index (χ0n) is 36.3. The van der Waals surface area contributed by atoms with Crippen molar-refractivity contribution in [3.63, 3.8) is 0 Å². The molecule has 2 aliphatic carbocycles. The first-order chi connectivity index (χ1) is 31.4. The van der Waals surface area contributed by atoms with Crippen molar-refractivity contribution in [3.05, 3.63) is 274 Å². The minimum absolute atomic E-state index is 0.478. The number of thiophene rings is 1. The molecule has 0 amide bonds. The number of nitrogens with zero attached hydrogens (tertiary/aromatic N) is 1. The number of rotatable bonds is 8. The van der Waals surface area contributed by atoms with Crippen LogP contribution in [0.25, 0.3) is 32.3 Å². The van der Waals surface area contributed by atoms with Gasteiger partial charge in [-0.15, -0.1) is 11.3 Å². The summed E-state index contributed by atoms with van der Waals surface area (Å²) in [5.74, 6) is 0. The van der Waals surface area contributed by atoms with E-state index in [4.69, 9.17) is 0 Å². The Balaban J connectivity index is 1.14. The average Bonchev–Trinajstić information content (AvgIpc) is 4.02. The minimum atomic E-state index is -1.68. The van der Waals surface area contributed by atoms with E-state index in [1.54, 1.807) is 11.3 Å². The molecule has 0 N–H and O–H groups in total. The molecule has 64 heavy (non-hydrogen) atoms. The molecule has 0 radical (unpaired) electrons. The Labute approximate surface area is 381 Å². The average molecular weight is 854 g/mol. The summed E-state index contributed by atoms with van der Waals surface area (Å²) in [5, 5.41) is 4.92. The fourth-order valence-electron chi connectivity index (χ4n) is 11.2. The minimum Gasteiger partial charge on any atom is -0.310 e. The van der Waals surface area contributed by atoms with Gasteiger partial charge in [-0.2, -0.15) is 0 Å². The molecule has 0 saturated carbocycles. The van der Waals surface area contributed by atoms with Crippen LogP contribution in [0.3, 0.4) is 0 Å². The third-order valence-electron chi connectivity index (χ3n) is 14.1. The molecule has 306 valence electrons. The molecule has 0 aliphatic heterocycles. The quantitative estimate of drug-likeness (QED) is 0.138. The number of benzene rings is 9. The third-order valence-corrected chi connectivity index (χ3v) is 17.0. The van der Waals surface area contributed by atoms with E-state index in [0.717, 1.165) is 17.1 Å². The van der Waals surface area contributed by atoms with Gasteiger partial charge in [-0.25, -0.2) is 0 Å². The monoisotopic (exact) mass is 853 g/mol. The van der Waals surface area contributed by atoms with Gasteiger partial charge in [-0.1, -0.05) is 201 Å². The van der Waals surface area contributed by atoms with E-state index >= 15 is 0 Å². The van der Waals surface area contributed by atoms with E-state index in [1.165, 1.54) is 82.0 Å². The van der Waals surface area contributed by atoms with E-state index < -0.39 is 18.9 Å². The molecule has 0 fully saturated rings. The Kier molecular flexibility index (Phi) is 8.91. The lowest BCUT2D eigenvalue weighted by Gasteiger charge is -2.35. The van der Waals surface area contributed by atoms with Crippen molar-refractivity contribution in [1.82, 2.24) is 0 Å². The second-order valence-electron chi connectivity index (χ2n) is 18.5. The fourth-order valence-corrected chi connectivity index (χ4v) is 13.1. The zero-order chi connectivity index (χ0) is 43.0. The number of fused-ring (bicyclic) bond motifs is 7. The SMILES string of the molecule is C[Si](C)(C)c1ccc2c(c1)-c1cc(N(c3ccc4c(c3)C(c3ccccc3)(c3ccccc3)c3ccccc3-4)c3ccc4sccc4c3)ccc1C2(c1ccccc1)c1ccccc1. The van der Waals surface area contributed by atoms with Gasteiger partial charge in [0.05, 0.1) is 18.9 Å². The third kappa shape index (κ3) is 5.67. The number of anilines is 3. The molecule has 0 atom stereocenters. The van der Waals surface area contributed by atoms with Crippen LogP contribution in [0, 0.1) is 0 Å². The highest BCUT2D eigenvalue weighted by Gasteiger charge is 2.48. The van der Waals surface area contributed by atoms with Gasteiger partial charge in [-0.3, -0.25) is 0 Å². The van der Waals surface area contributed by atoms with Crippen LogP contribution in [-0.4, -0.2) is 8.07 Å². The highest BCUT2D eigenvalue weighted by atomic mass is 32.1. The van der Waals surface area contributed by atoms with Crippen LogP contribution in [0.4, 0.5) is 17.1 Å². The summed E-state index contributed by atoms with van der Waals surface area (Å²) in [6.07, 6.45) is 0. The number of hydrogen-bond donors (Lipinski definition) is 0. The fraction of sp³-hybridized carbons (Fsp3) is 0.0820. The van der Waals surface area contributed by atoms with Crippen molar-refractivity contribution >= 4 is 51.7 Å². The largest absolute Gasteiger partial charge is 0.310 e. The van der Waals surface area contributed by atoms with Crippen molar-refractivity contribution in [3.8, 4) is 22.3 Å². The molecule has 1 nitrogen and oxygen atoms in total. The molecule has 12 rings (SSSR count). The highest BCUT2D eigenvalue weighted by Crippen LogP contribution is 2.59. The van der Waals surface area contributed by atoms with E-state index in [9.17, 15) is 0 Å². The molecular formula is C61H47NSSi. The van der Waals surface area contributed by atoms with Gasteiger partial charge in [0.15, 0.2) is 0 Å². The van der Waals surface area contributed by atoms with Crippen LogP contribution in [0.2, 0.25) is 19.6 Å². The summed E-state index contributed by atoms with van der Waals surface area (Å²) in [4.78, 5) is 2.51. The molecule has 0 bridgehead atoms. The first-order valence-corrected chi connectivity index (χ1v) is 26.8. The van der Waals surface area contributed by atoms with E-state index in [2.05, 4.69) is 254 Å². The second-order valence-corrected chi connectivity index (χ2v) is 24.5. The van der Waals surface area contributed by atoms with Gasteiger partial charge >= 0.3 is 0 Å². The smallest absolute Gasteiger partial charge is 0.0776 e. The molecule has 0 unspecified atom stereocenters. The van der Waals surface area contributed by atoms with Crippen LogP contribution in [0.15, 0.2) is 230 Å². The van der Waals surface area contributed by atoms with Crippen LogP contribution >= 0.6 is 11.3 Å². The predicted molar refractivity (Wildman–Crippen MR) is 274 cm³/mol. The van der Waals surface area contributed by atoms with Gasteiger partial charge in [-0.05, 0) is 126 Å². The highest BCUT2D eigenvalue weighted by molar-refractivity contribution is 7.17. The van der Waals surface area contributed by atoms with Crippen molar-refractivity contribution in [2.24, 2.45) is 0 Å². The topological polar surface area (TPSA) is 3.24 Å². The first kappa shape index (κ1) is 38.6. The van der Waals surface area contributed by atoms with Gasteiger partial charge in [0, 0.05) is 21.8 Å². The van der Waals surface area contributed by atoms with Crippen molar-refractivity contribution in [2.75, 3.05) is 4.90 Å². The summed E-state index contributed by atoms with van der Waals surface area (Å²) in [7, 11) is -1.68. The Bertz CT molecular complexity index is 3290. The maximum atomic E-state index is 2.54. The van der Waals surface area contributed by atoms with Crippen LogP contribution in [0.1, 0.15) is 44.5 Å². The lowest BCUT2D eigenvalue weighted by Crippen LogP contribution is -2.38. The van der Waals surface area contributed by atoms with Gasteiger partial charge in [0.25, 0.3) is 0 Å². The summed E-state index contributed by atoms with van der Waals surface area (Å²) < 4.78 is 1.29. The van der Waals surface area contributed by atoms with Crippen LogP contribution < -0.4 is 10.1 Å². The maximum Gasteiger partial charge on any atom is 0.0776 e. The van der Waals surface area contributed by atoms with E-state index in [-0.39, 0.29) is 0 Å².